The van der Waals surface area contributed by atoms with Gasteiger partial charge in [-0.2, -0.15) is 0 Å². The number of likely N-dealkylation sites (N-methyl/N-ethyl adjacent to an activating group) is 1. The fourth-order valence-corrected chi connectivity index (χ4v) is 3.62. The van der Waals surface area contributed by atoms with Crippen LogP contribution in [-0.2, 0) is 9.59 Å². The Bertz CT molecular complexity index is 540. The number of rotatable bonds is 9. The number of carbonyl (C=O) groups is 2. The number of nitrogens with zero attached hydrogens (tertiary/aromatic N) is 2. The van der Waals surface area contributed by atoms with E-state index in [0.717, 1.165) is 38.8 Å². The predicted molar refractivity (Wildman–Crippen MR) is 125 cm³/mol. The lowest BCUT2D eigenvalue weighted by Gasteiger charge is -2.34. The molecule has 1 aliphatic rings. The molecular weight excluding hydrogens is 370 g/mol. The van der Waals surface area contributed by atoms with E-state index in [9.17, 15) is 9.59 Å². The van der Waals surface area contributed by atoms with Crippen molar-refractivity contribution in [3.63, 3.8) is 0 Å². The molecule has 5 nitrogen and oxygen atoms in total. The molecule has 0 radical (unpaired) electrons. The second kappa shape index (κ2) is 13.7. The molecule has 0 aliphatic carbocycles. The van der Waals surface area contributed by atoms with Crippen molar-refractivity contribution < 1.29 is 11.0 Å². The van der Waals surface area contributed by atoms with Gasteiger partial charge in [0.15, 0.2) is 10.9 Å². The van der Waals surface area contributed by atoms with Crippen LogP contribution in [-0.4, -0.2) is 58.8 Å². The van der Waals surface area contributed by atoms with Crippen LogP contribution in [0.1, 0.15) is 75.1 Å². The molecule has 164 valence electrons. The summed E-state index contributed by atoms with van der Waals surface area (Å²) in [5, 5.41) is 3.90. The SMILES string of the molecule is C=C(C)C(=O)[C@@H](CC(C)C)N(C)C(=O)[C@@H]1CCCN1C(=S)NCCCC.CC.[HH]. The molecule has 1 fully saturated rings. The van der Waals surface area contributed by atoms with Gasteiger partial charge in [0.05, 0.1) is 6.04 Å². The van der Waals surface area contributed by atoms with Crippen LogP contribution in [0.5, 0.6) is 0 Å². The van der Waals surface area contributed by atoms with E-state index in [0.29, 0.717) is 23.0 Å². The van der Waals surface area contributed by atoms with Crippen molar-refractivity contribution in [2.24, 2.45) is 5.92 Å². The number of amides is 1. The van der Waals surface area contributed by atoms with E-state index >= 15 is 0 Å². The highest BCUT2D eigenvalue weighted by Gasteiger charge is 2.37. The van der Waals surface area contributed by atoms with Crippen molar-refractivity contribution in [2.45, 2.75) is 85.7 Å². The fraction of sp³-hybridized carbons (Fsp3) is 0.773. The minimum absolute atomic E-state index is 0. The third-order valence-corrected chi connectivity index (χ3v) is 5.22. The average Bonchev–Trinajstić information content (AvgIpc) is 3.15. The summed E-state index contributed by atoms with van der Waals surface area (Å²) in [6.07, 6.45) is 4.49. The lowest BCUT2D eigenvalue weighted by Crippen LogP contribution is -2.53. The van der Waals surface area contributed by atoms with E-state index in [-0.39, 0.29) is 19.2 Å². The number of carbonyl (C=O) groups excluding carboxylic acids is 2. The third kappa shape index (κ3) is 7.90. The minimum Gasteiger partial charge on any atom is -0.363 e. The van der Waals surface area contributed by atoms with Gasteiger partial charge in [-0.25, -0.2) is 0 Å². The number of ketones is 1. The van der Waals surface area contributed by atoms with Crippen LogP contribution in [0.4, 0.5) is 0 Å². The number of unbranched alkanes of at least 4 members (excludes halogenated alkanes) is 1. The number of Topliss-reactive ketones (excluding diaryl/α,β-unsaturated/α-hetero) is 1. The predicted octanol–water partition coefficient (Wildman–Crippen LogP) is 4.42. The summed E-state index contributed by atoms with van der Waals surface area (Å²) in [5.74, 6) is 0.236. The molecule has 1 rings (SSSR count). The van der Waals surface area contributed by atoms with Crippen molar-refractivity contribution >= 4 is 29.0 Å². The smallest absolute Gasteiger partial charge is 0.245 e. The molecule has 0 bridgehead atoms. The van der Waals surface area contributed by atoms with Gasteiger partial charge in [0.2, 0.25) is 5.91 Å². The summed E-state index contributed by atoms with van der Waals surface area (Å²) >= 11 is 5.50. The van der Waals surface area contributed by atoms with E-state index in [1.165, 1.54) is 0 Å². The second-order valence-corrected chi connectivity index (χ2v) is 8.06. The zero-order valence-corrected chi connectivity index (χ0v) is 19.8. The Kier molecular flexibility index (Phi) is 13.0. The first-order valence-corrected chi connectivity index (χ1v) is 11.1. The molecule has 0 aromatic heterocycles. The monoisotopic (exact) mass is 413 g/mol. The first kappa shape index (κ1) is 26.6. The van der Waals surface area contributed by atoms with E-state index < -0.39 is 6.04 Å². The summed E-state index contributed by atoms with van der Waals surface area (Å²) in [4.78, 5) is 29.3. The van der Waals surface area contributed by atoms with Crippen LogP contribution in [0.2, 0.25) is 0 Å². The van der Waals surface area contributed by atoms with Crippen molar-refractivity contribution in [3.05, 3.63) is 12.2 Å². The van der Waals surface area contributed by atoms with Gasteiger partial charge >= 0.3 is 0 Å². The van der Waals surface area contributed by atoms with Crippen LogP contribution in [0.3, 0.4) is 0 Å². The Balaban J connectivity index is 0. The van der Waals surface area contributed by atoms with Gasteiger partial charge in [0, 0.05) is 21.6 Å². The molecular formula is C22H43N3O2S. The van der Waals surface area contributed by atoms with Gasteiger partial charge in [-0.3, -0.25) is 9.59 Å². The molecule has 1 heterocycles. The first-order valence-electron chi connectivity index (χ1n) is 10.7. The molecule has 0 saturated carbocycles. The molecule has 0 spiro atoms. The molecule has 0 aromatic carbocycles. The molecule has 1 aliphatic heterocycles. The Morgan fingerprint density at radius 2 is 1.96 bits per heavy atom. The zero-order valence-electron chi connectivity index (χ0n) is 19.0. The Labute approximate surface area is 179 Å². The van der Waals surface area contributed by atoms with Crippen LogP contribution in [0.15, 0.2) is 12.2 Å². The van der Waals surface area contributed by atoms with Crippen molar-refractivity contribution in [1.82, 2.24) is 15.1 Å². The van der Waals surface area contributed by atoms with Gasteiger partial charge in [0.25, 0.3) is 0 Å². The number of likely N-dealkylation sites (tertiary alicyclic amines) is 1. The highest BCUT2D eigenvalue weighted by molar-refractivity contribution is 7.80. The number of nitrogens with one attached hydrogen (secondary N) is 1. The quantitative estimate of drug-likeness (QED) is 0.345. The van der Waals surface area contributed by atoms with Crippen molar-refractivity contribution in [2.75, 3.05) is 20.1 Å². The van der Waals surface area contributed by atoms with Crippen molar-refractivity contribution in [3.8, 4) is 0 Å². The number of hydrogen-bond donors (Lipinski definition) is 1. The standard InChI is InChI=1S/C20H35N3O2S.C2H6.H2/c1-7-8-11-21-20(26)23-12-9-10-16(23)19(25)22(6)17(13-14(2)3)18(24)15(4)5;1-2;/h14,16-17H,4,7-13H2,1-3,5-6H3,(H,21,26);1-2H3;1H/t16-,17+;;/m0../s1. The van der Waals surface area contributed by atoms with Gasteiger partial charge in [-0.05, 0) is 56.3 Å². The maximum Gasteiger partial charge on any atom is 0.245 e. The molecule has 1 saturated heterocycles. The molecule has 1 N–H and O–H groups in total. The van der Waals surface area contributed by atoms with Crippen molar-refractivity contribution in [1.29, 1.82) is 0 Å². The van der Waals surface area contributed by atoms with Gasteiger partial charge in [0.1, 0.15) is 6.04 Å². The van der Waals surface area contributed by atoms with Crippen LogP contribution >= 0.6 is 12.2 Å². The fourth-order valence-electron chi connectivity index (χ4n) is 3.30. The van der Waals surface area contributed by atoms with Crippen LogP contribution in [0, 0.1) is 5.92 Å². The topological polar surface area (TPSA) is 52.7 Å². The van der Waals surface area contributed by atoms with Crippen LogP contribution in [0.25, 0.3) is 0 Å². The molecule has 1 amide bonds. The summed E-state index contributed by atoms with van der Waals surface area (Å²) in [7, 11) is 1.74. The first-order chi connectivity index (χ1) is 13.2. The highest BCUT2D eigenvalue weighted by atomic mass is 32.1. The maximum atomic E-state index is 13.2. The zero-order chi connectivity index (χ0) is 21.9. The summed E-state index contributed by atoms with van der Waals surface area (Å²) in [6.45, 7) is 17.4. The lowest BCUT2D eigenvalue weighted by atomic mass is 9.95. The summed E-state index contributed by atoms with van der Waals surface area (Å²) in [6, 6.07) is -0.738. The van der Waals surface area contributed by atoms with E-state index in [1.54, 1.807) is 18.9 Å². The molecule has 0 aromatic rings. The summed E-state index contributed by atoms with van der Waals surface area (Å²) < 4.78 is 0. The Morgan fingerprint density at radius 3 is 2.46 bits per heavy atom. The van der Waals surface area contributed by atoms with Gasteiger partial charge < -0.3 is 15.1 Å². The molecule has 6 heteroatoms. The largest absolute Gasteiger partial charge is 0.363 e. The molecule has 28 heavy (non-hydrogen) atoms. The number of thiocarbonyl (C=S) groups is 1. The molecule has 0 unspecified atom stereocenters. The van der Waals surface area contributed by atoms with Gasteiger partial charge in [-0.15, -0.1) is 0 Å². The highest BCUT2D eigenvalue weighted by Crippen LogP contribution is 2.22. The maximum absolute atomic E-state index is 13.2. The average molecular weight is 414 g/mol. The van der Waals surface area contributed by atoms with E-state index in [4.69, 9.17) is 12.2 Å². The lowest BCUT2D eigenvalue weighted by molar-refractivity contribution is -0.140. The normalized spacial score (nSPS) is 16.9. The van der Waals surface area contributed by atoms with E-state index in [1.807, 2.05) is 18.7 Å². The van der Waals surface area contributed by atoms with E-state index in [2.05, 4.69) is 32.7 Å². The number of hydrogen-bond acceptors (Lipinski definition) is 3. The Hall–Kier alpha value is -1.43. The van der Waals surface area contributed by atoms with Gasteiger partial charge in [-0.1, -0.05) is 47.6 Å². The Morgan fingerprint density at radius 1 is 1.36 bits per heavy atom. The summed E-state index contributed by atoms with van der Waals surface area (Å²) in [5.41, 5.74) is 0.496. The second-order valence-electron chi connectivity index (χ2n) is 7.68. The third-order valence-electron chi connectivity index (χ3n) is 4.84. The minimum atomic E-state index is -0.455. The van der Waals surface area contributed by atoms with Crippen LogP contribution < -0.4 is 5.32 Å². The molecule has 2 atom stereocenters.